The maximum Gasteiger partial charge on any atom is 0.236 e. The van der Waals surface area contributed by atoms with E-state index in [9.17, 15) is 0 Å². The van der Waals surface area contributed by atoms with Crippen LogP contribution < -0.4 is 0 Å². The van der Waals surface area contributed by atoms with Crippen LogP contribution in [0.3, 0.4) is 0 Å². The van der Waals surface area contributed by atoms with E-state index in [4.69, 9.17) is 19.6 Å². The first-order valence-corrected chi connectivity index (χ1v) is 9.93. The van der Waals surface area contributed by atoms with Crippen molar-refractivity contribution in [2.24, 2.45) is 11.8 Å². The number of hydrogen-bond acceptors (Lipinski definition) is 4. The van der Waals surface area contributed by atoms with E-state index >= 15 is 0 Å². The van der Waals surface area contributed by atoms with Crippen molar-refractivity contribution in [2.45, 2.75) is 117 Å². The Morgan fingerprint density at radius 2 is 1.25 bits per heavy atom. The summed E-state index contributed by atoms with van der Waals surface area (Å²) < 4.78 is 0. The van der Waals surface area contributed by atoms with E-state index in [0.29, 0.717) is 5.92 Å². The lowest BCUT2D eigenvalue weighted by molar-refractivity contribution is -0.561. The predicted molar refractivity (Wildman–Crippen MR) is 97.2 cm³/mol. The fourth-order valence-corrected chi connectivity index (χ4v) is 2.91. The lowest BCUT2D eigenvalue weighted by atomic mass is 9.77. The second-order valence-corrected chi connectivity index (χ2v) is 8.12. The largest absolute Gasteiger partial charge is 0.236 e. The third kappa shape index (κ3) is 5.17. The monoisotopic (exact) mass is 344 g/mol. The summed E-state index contributed by atoms with van der Waals surface area (Å²) in [6.07, 6.45) is 6.62. The summed E-state index contributed by atoms with van der Waals surface area (Å²) in [4.78, 5) is 23.9. The van der Waals surface area contributed by atoms with Gasteiger partial charge in [0.2, 0.25) is 5.79 Å². The SMILES string of the molecule is CCC(C)(CC)OOC1(OOC(C)(CC)CC)CCCC(C)C1C. The van der Waals surface area contributed by atoms with Gasteiger partial charge in [0.15, 0.2) is 0 Å². The fraction of sp³-hybridized carbons (Fsp3) is 1.00. The Morgan fingerprint density at radius 1 is 0.833 bits per heavy atom. The van der Waals surface area contributed by atoms with E-state index in [1.54, 1.807) is 0 Å². The second kappa shape index (κ2) is 8.98. The average Bonchev–Trinajstić information content (AvgIpc) is 2.61. The summed E-state index contributed by atoms with van der Waals surface area (Å²) in [5.74, 6) is -0.105. The van der Waals surface area contributed by atoms with Crippen LogP contribution in [0, 0.1) is 11.8 Å². The van der Waals surface area contributed by atoms with Gasteiger partial charge in [0, 0.05) is 12.3 Å². The van der Waals surface area contributed by atoms with Crippen molar-refractivity contribution in [1.82, 2.24) is 0 Å². The van der Waals surface area contributed by atoms with E-state index in [1.807, 2.05) is 0 Å². The maximum absolute atomic E-state index is 6.04. The summed E-state index contributed by atoms with van der Waals surface area (Å²) >= 11 is 0. The molecule has 144 valence electrons. The van der Waals surface area contributed by atoms with Crippen LogP contribution in [0.5, 0.6) is 0 Å². The maximum atomic E-state index is 6.04. The van der Waals surface area contributed by atoms with E-state index < -0.39 is 5.79 Å². The number of hydrogen-bond donors (Lipinski definition) is 0. The van der Waals surface area contributed by atoms with Crippen LogP contribution in [0.4, 0.5) is 0 Å². The first kappa shape index (κ1) is 21.9. The predicted octanol–water partition coefficient (Wildman–Crippen LogP) is 6.19. The van der Waals surface area contributed by atoms with E-state index in [2.05, 4.69) is 55.4 Å². The Labute approximate surface area is 149 Å². The van der Waals surface area contributed by atoms with Gasteiger partial charge < -0.3 is 0 Å². The molecule has 1 aliphatic carbocycles. The molecular weight excluding hydrogens is 304 g/mol. The molecule has 4 heteroatoms. The molecule has 0 saturated heterocycles. The fourth-order valence-electron chi connectivity index (χ4n) is 2.91. The Morgan fingerprint density at radius 3 is 1.62 bits per heavy atom. The van der Waals surface area contributed by atoms with Gasteiger partial charge in [-0.25, -0.2) is 9.78 Å². The van der Waals surface area contributed by atoms with Crippen LogP contribution in [-0.4, -0.2) is 17.0 Å². The molecule has 0 aromatic rings. The summed E-state index contributed by atoms with van der Waals surface area (Å²) in [5.41, 5.74) is -0.592. The molecule has 2 unspecified atom stereocenters. The molecule has 0 aromatic carbocycles. The van der Waals surface area contributed by atoms with Gasteiger partial charge >= 0.3 is 0 Å². The van der Waals surface area contributed by atoms with Crippen molar-refractivity contribution < 1.29 is 19.6 Å². The molecule has 0 amide bonds. The van der Waals surface area contributed by atoms with Crippen molar-refractivity contribution in [1.29, 1.82) is 0 Å². The van der Waals surface area contributed by atoms with E-state index in [1.165, 1.54) is 6.42 Å². The van der Waals surface area contributed by atoms with Crippen molar-refractivity contribution in [3.05, 3.63) is 0 Å². The van der Waals surface area contributed by atoms with Crippen LogP contribution in [-0.2, 0) is 19.6 Å². The van der Waals surface area contributed by atoms with Crippen molar-refractivity contribution >= 4 is 0 Å². The third-order valence-corrected chi connectivity index (χ3v) is 6.49. The lowest BCUT2D eigenvalue weighted by Gasteiger charge is -2.45. The second-order valence-electron chi connectivity index (χ2n) is 8.12. The first-order valence-electron chi connectivity index (χ1n) is 9.93. The Bertz CT molecular complexity index is 339. The zero-order chi connectivity index (χ0) is 18.4. The van der Waals surface area contributed by atoms with Crippen molar-refractivity contribution in [3.8, 4) is 0 Å². The quantitative estimate of drug-likeness (QED) is 0.269. The molecule has 2 atom stereocenters. The minimum Gasteiger partial charge on any atom is -0.227 e. The zero-order valence-corrected chi connectivity index (χ0v) is 17.2. The molecule has 4 nitrogen and oxygen atoms in total. The topological polar surface area (TPSA) is 36.9 Å². The lowest BCUT2D eigenvalue weighted by Crippen LogP contribution is -2.51. The molecule has 0 aromatic heterocycles. The third-order valence-electron chi connectivity index (χ3n) is 6.49. The molecular formula is C20H40O4. The summed E-state index contributed by atoms with van der Waals surface area (Å²) in [6, 6.07) is 0. The Balaban J connectivity index is 2.91. The summed E-state index contributed by atoms with van der Waals surface area (Å²) in [7, 11) is 0. The van der Waals surface area contributed by atoms with E-state index in [-0.39, 0.29) is 17.1 Å². The first-order chi connectivity index (χ1) is 11.2. The minimum absolute atomic E-state index is 0.210. The van der Waals surface area contributed by atoms with Gasteiger partial charge in [-0.05, 0) is 51.9 Å². The van der Waals surface area contributed by atoms with Gasteiger partial charge in [-0.1, -0.05) is 48.0 Å². The molecule has 1 saturated carbocycles. The number of rotatable bonds is 10. The average molecular weight is 345 g/mol. The molecule has 0 spiro atoms. The summed E-state index contributed by atoms with van der Waals surface area (Å²) in [6.45, 7) is 17.1. The molecule has 1 rings (SSSR count). The minimum atomic E-state index is -0.825. The van der Waals surface area contributed by atoms with Gasteiger partial charge in [0.05, 0.1) is 0 Å². The van der Waals surface area contributed by atoms with E-state index in [0.717, 1.165) is 38.5 Å². The highest BCUT2D eigenvalue weighted by Gasteiger charge is 2.48. The highest BCUT2D eigenvalue weighted by Crippen LogP contribution is 2.43. The smallest absolute Gasteiger partial charge is 0.227 e. The molecule has 0 N–H and O–H groups in total. The van der Waals surface area contributed by atoms with Crippen LogP contribution in [0.25, 0.3) is 0 Å². The zero-order valence-electron chi connectivity index (χ0n) is 17.2. The Hall–Kier alpha value is -0.160. The van der Waals surface area contributed by atoms with Crippen LogP contribution in [0.1, 0.15) is 100 Å². The Kier molecular flexibility index (Phi) is 8.18. The highest BCUT2D eigenvalue weighted by molar-refractivity contribution is 4.85. The van der Waals surface area contributed by atoms with Crippen LogP contribution in [0.15, 0.2) is 0 Å². The molecule has 24 heavy (non-hydrogen) atoms. The van der Waals surface area contributed by atoms with Crippen molar-refractivity contribution in [3.63, 3.8) is 0 Å². The van der Waals surface area contributed by atoms with Crippen LogP contribution in [0.2, 0.25) is 0 Å². The molecule has 1 aliphatic rings. The molecule has 0 aliphatic heterocycles. The highest BCUT2D eigenvalue weighted by atomic mass is 17.3. The normalized spacial score (nSPS) is 25.0. The van der Waals surface area contributed by atoms with Gasteiger partial charge in [0.1, 0.15) is 11.2 Å². The van der Waals surface area contributed by atoms with Gasteiger partial charge in [-0.2, -0.15) is 9.78 Å². The molecule has 0 bridgehead atoms. The van der Waals surface area contributed by atoms with Crippen molar-refractivity contribution in [2.75, 3.05) is 0 Å². The standard InChI is InChI=1S/C20H40O4/c1-9-18(7,10-2)21-23-20(15-13-14-16(5)17(20)6)24-22-19(8,11-3)12-4/h16-17H,9-15H2,1-8H3. The van der Waals surface area contributed by atoms with Crippen LogP contribution >= 0.6 is 0 Å². The van der Waals surface area contributed by atoms with Gasteiger partial charge in [-0.3, -0.25) is 0 Å². The molecule has 0 radical (unpaired) electrons. The summed E-state index contributed by atoms with van der Waals surface area (Å²) in [5, 5.41) is 0. The van der Waals surface area contributed by atoms with Gasteiger partial charge in [0.25, 0.3) is 0 Å². The molecule has 1 fully saturated rings. The van der Waals surface area contributed by atoms with Gasteiger partial charge in [-0.15, -0.1) is 0 Å². The molecule has 0 heterocycles.